The fourth-order valence-electron chi connectivity index (χ4n) is 1.92. The molecule has 1 aliphatic heterocycles. The second kappa shape index (κ2) is 6.64. The number of carbonyl (C=O) groups is 2. The smallest absolute Gasteiger partial charge is 0.331 e. The first-order chi connectivity index (χ1) is 9.93. The number of hydrogen-bond acceptors (Lipinski definition) is 4. The van der Waals surface area contributed by atoms with Crippen LogP contribution in [-0.4, -0.2) is 42.3 Å². The van der Waals surface area contributed by atoms with Crippen LogP contribution in [0.5, 0.6) is 5.75 Å². The van der Waals surface area contributed by atoms with Crippen LogP contribution in [0.2, 0.25) is 5.02 Å². The van der Waals surface area contributed by atoms with Gasteiger partial charge >= 0.3 is 5.97 Å². The number of hydrogen-bond donors (Lipinski definition) is 2. The average Bonchev–Trinajstić information content (AvgIpc) is 2.87. The molecule has 21 heavy (non-hydrogen) atoms. The van der Waals surface area contributed by atoms with E-state index >= 15 is 0 Å². The molecule has 0 aliphatic carbocycles. The second-order valence-corrected chi connectivity index (χ2v) is 5.92. The van der Waals surface area contributed by atoms with E-state index in [4.69, 9.17) is 21.1 Å². The zero-order valence-corrected chi connectivity index (χ0v) is 13.2. The molecule has 1 amide bonds. The highest BCUT2D eigenvalue weighted by Gasteiger charge is 2.43. The van der Waals surface area contributed by atoms with Crippen molar-refractivity contribution in [3.05, 3.63) is 27.7 Å². The zero-order valence-electron chi connectivity index (χ0n) is 10.9. The number of carboxylic acid groups (broad SMARTS) is 1. The van der Waals surface area contributed by atoms with Crippen molar-refractivity contribution >= 4 is 39.4 Å². The lowest BCUT2D eigenvalue weighted by molar-refractivity contribution is -0.148. The molecule has 0 bridgehead atoms. The largest absolute Gasteiger partial charge is 0.482 e. The van der Waals surface area contributed by atoms with Gasteiger partial charge in [0.15, 0.2) is 12.1 Å². The number of carbonyl (C=O) groups excluding carboxylic acids is 1. The van der Waals surface area contributed by atoms with Crippen LogP contribution in [0.4, 0.5) is 0 Å². The molecule has 1 fully saturated rings. The van der Waals surface area contributed by atoms with Crippen LogP contribution in [-0.2, 0) is 14.3 Å². The molecule has 0 saturated carbocycles. The monoisotopic (exact) mass is 377 g/mol. The van der Waals surface area contributed by atoms with Crippen LogP contribution in [0, 0.1) is 0 Å². The van der Waals surface area contributed by atoms with Gasteiger partial charge in [0.1, 0.15) is 5.75 Å². The van der Waals surface area contributed by atoms with E-state index in [-0.39, 0.29) is 19.6 Å². The van der Waals surface area contributed by atoms with E-state index in [9.17, 15) is 14.7 Å². The number of amides is 1. The Kier molecular flexibility index (Phi) is 5.08. The summed E-state index contributed by atoms with van der Waals surface area (Å²) < 4.78 is 11.1. The maximum atomic E-state index is 11.9. The molecule has 1 heterocycles. The summed E-state index contributed by atoms with van der Waals surface area (Å²) >= 11 is 9.22. The summed E-state index contributed by atoms with van der Waals surface area (Å²) in [6.07, 6.45) is 0.229. The van der Waals surface area contributed by atoms with Gasteiger partial charge in [-0.2, -0.15) is 0 Å². The molecule has 1 saturated heterocycles. The Hall–Kier alpha value is -1.31. The zero-order chi connectivity index (χ0) is 15.5. The lowest BCUT2D eigenvalue weighted by Crippen LogP contribution is -2.56. The summed E-state index contributed by atoms with van der Waals surface area (Å²) in [4.78, 5) is 23.1. The van der Waals surface area contributed by atoms with E-state index in [1.54, 1.807) is 18.2 Å². The molecule has 0 aromatic heterocycles. The summed E-state index contributed by atoms with van der Waals surface area (Å²) in [5, 5.41) is 12.0. The van der Waals surface area contributed by atoms with Gasteiger partial charge in [0, 0.05) is 17.5 Å². The minimum Gasteiger partial charge on any atom is -0.482 e. The molecule has 0 spiro atoms. The highest BCUT2D eigenvalue weighted by Crippen LogP contribution is 2.27. The lowest BCUT2D eigenvalue weighted by atomic mass is 9.99. The number of rotatable bonds is 5. The van der Waals surface area contributed by atoms with Crippen LogP contribution >= 0.6 is 27.5 Å². The van der Waals surface area contributed by atoms with Crippen molar-refractivity contribution in [3.63, 3.8) is 0 Å². The van der Waals surface area contributed by atoms with Crippen molar-refractivity contribution in [1.29, 1.82) is 0 Å². The van der Waals surface area contributed by atoms with Crippen LogP contribution < -0.4 is 10.1 Å². The Morgan fingerprint density at radius 2 is 2.29 bits per heavy atom. The number of halogens is 2. The summed E-state index contributed by atoms with van der Waals surface area (Å²) in [5.74, 6) is -1.31. The van der Waals surface area contributed by atoms with Crippen molar-refractivity contribution < 1.29 is 24.2 Å². The van der Waals surface area contributed by atoms with E-state index in [0.717, 1.165) is 4.47 Å². The third-order valence-corrected chi connectivity index (χ3v) is 3.85. The molecule has 1 aromatic rings. The third kappa shape index (κ3) is 3.87. The van der Waals surface area contributed by atoms with Crippen LogP contribution in [0.3, 0.4) is 0 Å². The summed E-state index contributed by atoms with van der Waals surface area (Å²) in [5.41, 5.74) is -1.37. The van der Waals surface area contributed by atoms with Crippen LogP contribution in [0.25, 0.3) is 0 Å². The van der Waals surface area contributed by atoms with Gasteiger partial charge in [-0.05, 0) is 18.2 Å². The highest BCUT2D eigenvalue weighted by molar-refractivity contribution is 9.10. The summed E-state index contributed by atoms with van der Waals surface area (Å²) in [6, 6.07) is 4.98. The summed E-state index contributed by atoms with van der Waals surface area (Å²) in [7, 11) is 0. The Morgan fingerprint density at radius 3 is 2.86 bits per heavy atom. The maximum absolute atomic E-state index is 11.9. The Morgan fingerprint density at radius 1 is 1.52 bits per heavy atom. The fourth-order valence-corrected chi connectivity index (χ4v) is 2.65. The van der Waals surface area contributed by atoms with E-state index in [1.165, 1.54) is 0 Å². The number of aliphatic carboxylic acids is 1. The van der Waals surface area contributed by atoms with Gasteiger partial charge in [0.05, 0.1) is 11.6 Å². The van der Waals surface area contributed by atoms with Crippen molar-refractivity contribution in [2.45, 2.75) is 12.0 Å². The Bertz CT molecular complexity index is 559. The number of benzene rings is 1. The minimum atomic E-state index is -1.37. The first-order valence-corrected chi connectivity index (χ1v) is 7.30. The van der Waals surface area contributed by atoms with Crippen molar-refractivity contribution in [2.75, 3.05) is 19.8 Å². The average molecular weight is 379 g/mol. The van der Waals surface area contributed by atoms with E-state index < -0.39 is 17.4 Å². The van der Waals surface area contributed by atoms with E-state index in [2.05, 4.69) is 21.2 Å². The normalized spacial score (nSPS) is 21.0. The van der Waals surface area contributed by atoms with Gasteiger partial charge in [0.25, 0.3) is 5.91 Å². The van der Waals surface area contributed by atoms with E-state index in [1.807, 2.05) is 0 Å². The number of nitrogens with one attached hydrogen (secondary N) is 1. The molecule has 1 aromatic carbocycles. The minimum absolute atomic E-state index is 0.0485. The standard InChI is InChI=1S/C13H13BrClNO5/c14-8-1-2-10(9(15)5-8)21-6-11(17)16-13(12(18)19)3-4-20-7-13/h1-2,5H,3-4,6-7H2,(H,16,17)(H,18,19). The van der Waals surface area contributed by atoms with Crippen molar-refractivity contribution in [2.24, 2.45) is 0 Å². The van der Waals surface area contributed by atoms with Gasteiger partial charge in [0.2, 0.25) is 0 Å². The molecule has 114 valence electrons. The van der Waals surface area contributed by atoms with Gasteiger partial charge in [-0.1, -0.05) is 27.5 Å². The molecule has 6 nitrogen and oxygen atoms in total. The second-order valence-electron chi connectivity index (χ2n) is 4.60. The maximum Gasteiger partial charge on any atom is 0.331 e. The highest BCUT2D eigenvalue weighted by atomic mass is 79.9. The Labute approximate surface area is 134 Å². The number of carboxylic acids is 1. The molecule has 1 unspecified atom stereocenters. The molecule has 1 aliphatic rings. The predicted molar refractivity (Wildman–Crippen MR) is 78.6 cm³/mol. The molecular weight excluding hydrogens is 366 g/mol. The van der Waals surface area contributed by atoms with Gasteiger partial charge < -0.3 is 19.9 Å². The Balaban J connectivity index is 1.94. The molecule has 2 N–H and O–H groups in total. The van der Waals surface area contributed by atoms with Crippen LogP contribution in [0.15, 0.2) is 22.7 Å². The van der Waals surface area contributed by atoms with Crippen molar-refractivity contribution in [1.82, 2.24) is 5.32 Å². The van der Waals surface area contributed by atoms with Gasteiger partial charge in [-0.25, -0.2) is 4.79 Å². The number of ether oxygens (including phenoxy) is 2. The van der Waals surface area contributed by atoms with Gasteiger partial charge in [-0.3, -0.25) is 4.79 Å². The predicted octanol–water partition coefficient (Wildman–Crippen LogP) is 1.84. The molecule has 2 rings (SSSR count). The van der Waals surface area contributed by atoms with Crippen LogP contribution in [0.1, 0.15) is 6.42 Å². The van der Waals surface area contributed by atoms with Gasteiger partial charge in [-0.15, -0.1) is 0 Å². The van der Waals surface area contributed by atoms with E-state index in [0.29, 0.717) is 17.4 Å². The molecule has 8 heteroatoms. The first kappa shape index (κ1) is 16.1. The topological polar surface area (TPSA) is 84.9 Å². The SMILES string of the molecule is O=C(COc1ccc(Br)cc1Cl)NC1(C(=O)O)CCOC1. The van der Waals surface area contributed by atoms with Crippen molar-refractivity contribution in [3.8, 4) is 5.75 Å². The molecule has 0 radical (unpaired) electrons. The third-order valence-electron chi connectivity index (χ3n) is 3.06. The fraction of sp³-hybridized carbons (Fsp3) is 0.385. The summed E-state index contributed by atoms with van der Waals surface area (Å²) in [6.45, 7) is -0.0739. The first-order valence-electron chi connectivity index (χ1n) is 6.13. The quantitative estimate of drug-likeness (QED) is 0.817. The molecular formula is C13H13BrClNO5. The lowest BCUT2D eigenvalue weighted by Gasteiger charge is -2.23. The molecule has 1 atom stereocenters.